The second kappa shape index (κ2) is 4.80. The zero-order chi connectivity index (χ0) is 15.1. The molecule has 1 saturated heterocycles. The number of rotatable bonds is 1. The average Bonchev–Trinajstić information content (AvgIpc) is 2.37. The third-order valence-corrected chi connectivity index (χ3v) is 3.79. The Morgan fingerprint density at radius 2 is 2.05 bits per heavy atom. The normalized spacial score (nSPS) is 18.7. The van der Waals surface area contributed by atoms with Crippen LogP contribution in [0, 0.1) is 6.92 Å². The molecule has 1 aromatic heterocycles. The Bertz CT molecular complexity index is 793. The molecule has 1 unspecified atom stereocenters. The minimum Gasteiger partial charge on any atom is -0.507 e. The highest BCUT2D eigenvalue weighted by Gasteiger charge is 2.28. The highest BCUT2D eigenvalue weighted by Crippen LogP contribution is 2.42. The first-order valence-electron chi connectivity index (χ1n) is 6.73. The molecule has 6 heteroatoms. The molecule has 0 spiro atoms. The number of carbonyl (C=O) groups excluding carboxylic acids is 1. The number of amides is 1. The van der Waals surface area contributed by atoms with Gasteiger partial charge in [0.2, 0.25) is 5.91 Å². The van der Waals surface area contributed by atoms with Gasteiger partial charge in [-0.2, -0.15) is 0 Å². The maximum atomic E-state index is 12.1. The van der Waals surface area contributed by atoms with Crippen LogP contribution in [-0.2, 0) is 4.79 Å². The van der Waals surface area contributed by atoms with Crippen molar-refractivity contribution >= 4 is 16.9 Å². The number of aromatic hydroxyl groups is 2. The molecular weight excluding hydrogens is 274 g/mol. The summed E-state index contributed by atoms with van der Waals surface area (Å²) in [4.78, 5) is 23.5. The highest BCUT2D eigenvalue weighted by molar-refractivity contribution is 5.88. The van der Waals surface area contributed by atoms with Gasteiger partial charge in [0.05, 0.1) is 0 Å². The topological polar surface area (TPSA) is 99.8 Å². The maximum Gasteiger partial charge on any atom is 0.220 e. The van der Waals surface area contributed by atoms with Gasteiger partial charge in [0, 0.05) is 36.6 Å². The van der Waals surface area contributed by atoms with Gasteiger partial charge in [-0.15, -0.1) is 0 Å². The van der Waals surface area contributed by atoms with Crippen LogP contribution in [-0.4, -0.2) is 22.7 Å². The van der Waals surface area contributed by atoms with Crippen molar-refractivity contribution in [3.05, 3.63) is 33.7 Å². The fourth-order valence-corrected chi connectivity index (χ4v) is 2.86. The summed E-state index contributed by atoms with van der Waals surface area (Å²) in [5, 5.41) is 23.3. The Hall–Kier alpha value is -2.50. The zero-order valence-electron chi connectivity index (χ0n) is 11.5. The van der Waals surface area contributed by atoms with Crippen LogP contribution in [0.1, 0.15) is 30.1 Å². The van der Waals surface area contributed by atoms with Gasteiger partial charge >= 0.3 is 0 Å². The van der Waals surface area contributed by atoms with Crippen molar-refractivity contribution in [3.8, 4) is 11.5 Å². The molecule has 1 fully saturated rings. The van der Waals surface area contributed by atoms with E-state index in [0.717, 1.165) is 0 Å². The number of phenolic OH excluding ortho intramolecular Hbond substituents is 2. The number of aryl methyl sites for hydroxylation is 1. The summed E-state index contributed by atoms with van der Waals surface area (Å²) in [5.41, 5.74) is 0.0141. The Balaban J connectivity index is 2.24. The van der Waals surface area contributed by atoms with Gasteiger partial charge in [-0.1, -0.05) is 0 Å². The number of hydrogen-bond donors (Lipinski definition) is 3. The van der Waals surface area contributed by atoms with E-state index in [2.05, 4.69) is 5.32 Å². The molecule has 1 aliphatic heterocycles. The number of benzene rings is 1. The van der Waals surface area contributed by atoms with E-state index in [1.54, 1.807) is 6.92 Å². The first kappa shape index (κ1) is 13.5. The number of nitrogens with one attached hydrogen (secondary N) is 1. The van der Waals surface area contributed by atoms with Crippen molar-refractivity contribution in [2.75, 3.05) is 6.54 Å². The van der Waals surface area contributed by atoms with Gasteiger partial charge in [0.25, 0.3) is 0 Å². The van der Waals surface area contributed by atoms with E-state index in [9.17, 15) is 19.8 Å². The van der Waals surface area contributed by atoms with E-state index in [-0.39, 0.29) is 51.7 Å². The van der Waals surface area contributed by atoms with Crippen molar-refractivity contribution in [2.24, 2.45) is 0 Å². The van der Waals surface area contributed by atoms with Crippen LogP contribution in [0.25, 0.3) is 11.0 Å². The van der Waals surface area contributed by atoms with Gasteiger partial charge in [-0.25, -0.2) is 0 Å². The average molecular weight is 289 g/mol. The van der Waals surface area contributed by atoms with Gasteiger partial charge in [0.15, 0.2) is 5.43 Å². The summed E-state index contributed by atoms with van der Waals surface area (Å²) < 4.78 is 5.37. The number of fused-ring (bicyclic) bond motifs is 1. The summed E-state index contributed by atoms with van der Waals surface area (Å²) in [5.74, 6) is -0.507. The van der Waals surface area contributed by atoms with Gasteiger partial charge in [-0.3, -0.25) is 9.59 Å². The number of phenols is 2. The highest BCUT2D eigenvalue weighted by atomic mass is 16.3. The largest absolute Gasteiger partial charge is 0.507 e. The first-order valence-corrected chi connectivity index (χ1v) is 6.73. The summed E-state index contributed by atoms with van der Waals surface area (Å²) in [6, 6.07) is 2.61. The predicted molar refractivity (Wildman–Crippen MR) is 75.5 cm³/mol. The lowest BCUT2D eigenvalue weighted by molar-refractivity contribution is -0.122. The second-order valence-electron chi connectivity index (χ2n) is 5.29. The molecule has 0 saturated carbocycles. The minimum atomic E-state index is -0.368. The molecule has 0 radical (unpaired) electrons. The molecule has 1 aromatic carbocycles. The third kappa shape index (κ3) is 2.22. The summed E-state index contributed by atoms with van der Waals surface area (Å²) >= 11 is 0. The van der Waals surface area contributed by atoms with E-state index in [1.807, 2.05) is 0 Å². The van der Waals surface area contributed by atoms with Crippen molar-refractivity contribution in [3.63, 3.8) is 0 Å². The van der Waals surface area contributed by atoms with Crippen molar-refractivity contribution in [1.29, 1.82) is 0 Å². The summed E-state index contributed by atoms with van der Waals surface area (Å²) in [6.07, 6.45) is 0.763. The van der Waals surface area contributed by atoms with Crippen LogP contribution < -0.4 is 10.7 Å². The van der Waals surface area contributed by atoms with E-state index < -0.39 is 0 Å². The Morgan fingerprint density at radius 3 is 2.76 bits per heavy atom. The predicted octanol–water partition coefficient (Wildman–Crippen LogP) is 1.51. The SMILES string of the molecule is Cc1cc(=O)c2c(O)c(C3CCNC(=O)C3)c(O)cc2o1. The molecule has 0 bridgehead atoms. The molecule has 110 valence electrons. The van der Waals surface area contributed by atoms with Crippen LogP contribution in [0.4, 0.5) is 0 Å². The Morgan fingerprint density at radius 1 is 1.29 bits per heavy atom. The third-order valence-electron chi connectivity index (χ3n) is 3.79. The van der Waals surface area contributed by atoms with Crippen LogP contribution in [0.3, 0.4) is 0 Å². The second-order valence-corrected chi connectivity index (χ2v) is 5.29. The minimum absolute atomic E-state index is 0.0411. The molecule has 1 aliphatic rings. The van der Waals surface area contributed by atoms with Gasteiger partial charge < -0.3 is 19.9 Å². The van der Waals surface area contributed by atoms with E-state index >= 15 is 0 Å². The molecule has 3 N–H and O–H groups in total. The molecule has 21 heavy (non-hydrogen) atoms. The molecule has 1 amide bonds. The molecule has 6 nitrogen and oxygen atoms in total. The fraction of sp³-hybridized carbons (Fsp3) is 0.333. The maximum absolute atomic E-state index is 12.1. The monoisotopic (exact) mass is 289 g/mol. The zero-order valence-corrected chi connectivity index (χ0v) is 11.5. The first-order chi connectivity index (χ1) is 9.97. The molecule has 2 heterocycles. The standard InChI is InChI=1S/C15H15NO5/c1-7-4-9(17)14-11(21-7)6-10(18)13(15(14)20)8-2-3-16-12(19)5-8/h4,6,8,18,20H,2-3,5H2,1H3,(H,16,19). The van der Waals surface area contributed by atoms with Gasteiger partial charge in [-0.05, 0) is 13.3 Å². The Labute approximate surface area is 120 Å². The Kier molecular flexibility index (Phi) is 3.08. The smallest absolute Gasteiger partial charge is 0.220 e. The fourth-order valence-electron chi connectivity index (χ4n) is 2.86. The van der Waals surface area contributed by atoms with Crippen LogP contribution in [0.2, 0.25) is 0 Å². The van der Waals surface area contributed by atoms with Gasteiger partial charge in [0.1, 0.15) is 28.2 Å². The molecule has 0 aliphatic carbocycles. The van der Waals surface area contributed by atoms with E-state index in [4.69, 9.17) is 4.42 Å². The van der Waals surface area contributed by atoms with Crippen molar-refractivity contribution in [1.82, 2.24) is 5.32 Å². The molecule has 1 atom stereocenters. The molecule has 3 rings (SSSR count). The van der Waals surface area contributed by atoms with Crippen LogP contribution >= 0.6 is 0 Å². The van der Waals surface area contributed by atoms with E-state index in [0.29, 0.717) is 18.7 Å². The quantitative estimate of drug-likeness (QED) is 0.739. The lowest BCUT2D eigenvalue weighted by Gasteiger charge is -2.24. The van der Waals surface area contributed by atoms with E-state index in [1.165, 1.54) is 12.1 Å². The van der Waals surface area contributed by atoms with Crippen molar-refractivity contribution < 1.29 is 19.4 Å². The lowest BCUT2D eigenvalue weighted by Crippen LogP contribution is -2.32. The van der Waals surface area contributed by atoms with Crippen LogP contribution in [0.5, 0.6) is 11.5 Å². The lowest BCUT2D eigenvalue weighted by atomic mass is 9.87. The summed E-state index contributed by atoms with van der Waals surface area (Å²) in [7, 11) is 0. The number of piperidine rings is 1. The van der Waals surface area contributed by atoms with Crippen molar-refractivity contribution in [2.45, 2.75) is 25.7 Å². The number of carbonyl (C=O) groups is 1. The molecule has 2 aromatic rings. The van der Waals surface area contributed by atoms with Crippen LogP contribution in [0.15, 0.2) is 21.3 Å². The molecular formula is C15H15NO5. The number of hydrogen-bond acceptors (Lipinski definition) is 5. The summed E-state index contributed by atoms with van der Waals surface area (Å²) in [6.45, 7) is 2.09.